The molecule has 0 bridgehead atoms. The summed E-state index contributed by atoms with van der Waals surface area (Å²) >= 11 is 0. The summed E-state index contributed by atoms with van der Waals surface area (Å²) in [6.07, 6.45) is 1.17. The van der Waals surface area contributed by atoms with Crippen LogP contribution in [0.2, 0.25) is 0 Å². The Morgan fingerprint density at radius 1 is 1.26 bits per heavy atom. The molecule has 0 amide bonds. The quantitative estimate of drug-likeness (QED) is 0.282. The van der Waals surface area contributed by atoms with Crippen molar-refractivity contribution in [2.75, 3.05) is 20.3 Å². The Morgan fingerprint density at radius 2 is 1.79 bits per heavy atom. The molecule has 1 unspecified atom stereocenters. The molecule has 0 aliphatic carbocycles. The maximum absolute atomic E-state index is 11.5. The number of hydrogen-bond acceptors (Lipinski definition) is 5. The van der Waals surface area contributed by atoms with Crippen molar-refractivity contribution in [2.45, 2.75) is 33.8 Å². The molecule has 0 saturated heterocycles. The van der Waals surface area contributed by atoms with Crippen LogP contribution in [0.15, 0.2) is 23.8 Å². The lowest BCUT2D eigenvalue weighted by Crippen LogP contribution is -2.19. The van der Waals surface area contributed by atoms with Gasteiger partial charge in [0.2, 0.25) is 0 Å². The first-order valence-electron chi connectivity index (χ1n) is 6.11. The van der Waals surface area contributed by atoms with Gasteiger partial charge in [-0.1, -0.05) is 18.2 Å². The first-order valence-corrected chi connectivity index (χ1v) is 7.20. The Bertz CT molecular complexity index is 317. The van der Waals surface area contributed by atoms with Gasteiger partial charge < -0.3 is 13.8 Å². The molecule has 6 heteroatoms. The summed E-state index contributed by atoms with van der Waals surface area (Å²) in [6, 6.07) is 0. The number of allylic oxidation sites excluding steroid dienone is 1. The minimum Gasteiger partial charge on any atom is -0.466 e. The predicted octanol–water partition coefficient (Wildman–Crippen LogP) is 3.37. The Kier molecular flexibility index (Phi) is 9.70. The van der Waals surface area contributed by atoms with E-state index < -0.39 is 20.7 Å². The lowest BCUT2D eigenvalue weighted by atomic mass is 10.1. The van der Waals surface area contributed by atoms with Gasteiger partial charge in [-0.2, -0.15) is 0 Å². The third-order valence-electron chi connectivity index (χ3n) is 1.94. The van der Waals surface area contributed by atoms with Crippen molar-refractivity contribution < 1.29 is 23.1 Å². The Morgan fingerprint density at radius 3 is 2.16 bits per heavy atom. The third kappa shape index (κ3) is 7.43. The van der Waals surface area contributed by atoms with E-state index >= 15 is 0 Å². The zero-order valence-corrected chi connectivity index (χ0v) is 13.2. The summed E-state index contributed by atoms with van der Waals surface area (Å²) in [6.45, 7) is 12.2. The SMILES string of the molecule is C=C(C(=O)OC)C(C=C(C)C)OP(OCC)OCC. The van der Waals surface area contributed by atoms with Crippen LogP contribution in [-0.2, 0) is 23.1 Å². The van der Waals surface area contributed by atoms with Gasteiger partial charge in [0.1, 0.15) is 6.10 Å². The lowest BCUT2D eigenvalue weighted by Gasteiger charge is -2.21. The van der Waals surface area contributed by atoms with Gasteiger partial charge in [-0.05, 0) is 27.7 Å². The van der Waals surface area contributed by atoms with Crippen molar-refractivity contribution >= 4 is 14.6 Å². The van der Waals surface area contributed by atoms with E-state index in [1.807, 2.05) is 27.7 Å². The molecule has 5 nitrogen and oxygen atoms in total. The average Bonchev–Trinajstić information content (AvgIpc) is 2.36. The van der Waals surface area contributed by atoms with Gasteiger partial charge in [0.05, 0.1) is 25.9 Å². The topological polar surface area (TPSA) is 54.0 Å². The molecular weight excluding hydrogens is 267 g/mol. The van der Waals surface area contributed by atoms with Crippen LogP contribution in [0.1, 0.15) is 27.7 Å². The molecule has 1 atom stereocenters. The zero-order chi connectivity index (χ0) is 14.8. The third-order valence-corrected chi connectivity index (χ3v) is 3.28. The summed E-state index contributed by atoms with van der Waals surface area (Å²) < 4.78 is 21.0. The largest absolute Gasteiger partial charge is 0.466 e. The molecule has 0 aliphatic rings. The van der Waals surface area contributed by atoms with Crippen molar-refractivity contribution in [3.63, 3.8) is 0 Å². The Labute approximate surface area is 116 Å². The summed E-state index contributed by atoms with van der Waals surface area (Å²) in [4.78, 5) is 11.5. The van der Waals surface area contributed by atoms with E-state index in [0.29, 0.717) is 13.2 Å². The summed E-state index contributed by atoms with van der Waals surface area (Å²) in [5.74, 6) is -0.509. The van der Waals surface area contributed by atoms with Crippen molar-refractivity contribution in [2.24, 2.45) is 0 Å². The second-order valence-electron chi connectivity index (χ2n) is 3.85. The highest BCUT2D eigenvalue weighted by Gasteiger charge is 2.24. The van der Waals surface area contributed by atoms with Gasteiger partial charge in [-0.3, -0.25) is 4.52 Å². The van der Waals surface area contributed by atoms with E-state index in [1.165, 1.54) is 7.11 Å². The molecule has 0 aliphatic heterocycles. The van der Waals surface area contributed by atoms with Gasteiger partial charge in [-0.15, -0.1) is 0 Å². The van der Waals surface area contributed by atoms with Gasteiger partial charge >= 0.3 is 14.6 Å². The van der Waals surface area contributed by atoms with Crippen LogP contribution in [0.4, 0.5) is 0 Å². The zero-order valence-electron chi connectivity index (χ0n) is 12.3. The van der Waals surface area contributed by atoms with Crippen LogP contribution in [0.5, 0.6) is 0 Å². The maximum atomic E-state index is 11.5. The highest BCUT2D eigenvalue weighted by molar-refractivity contribution is 7.41. The van der Waals surface area contributed by atoms with Crippen LogP contribution in [-0.4, -0.2) is 32.4 Å². The second kappa shape index (κ2) is 10.1. The molecule has 0 saturated carbocycles. The van der Waals surface area contributed by atoms with Crippen LogP contribution in [0.25, 0.3) is 0 Å². The number of esters is 1. The standard InChI is InChI=1S/C13H23O5P/c1-7-16-19(17-8-2)18-12(9-10(3)4)11(5)13(14)15-6/h9,12H,5,7-8H2,1-4,6H3. The van der Waals surface area contributed by atoms with Crippen LogP contribution in [0, 0.1) is 0 Å². The number of carbonyl (C=O) groups is 1. The molecular formula is C13H23O5P. The van der Waals surface area contributed by atoms with Gasteiger partial charge in [0, 0.05) is 0 Å². The van der Waals surface area contributed by atoms with E-state index in [0.717, 1.165) is 5.57 Å². The number of carbonyl (C=O) groups excluding carboxylic acids is 1. The first kappa shape index (κ1) is 18.3. The van der Waals surface area contributed by atoms with E-state index in [9.17, 15) is 4.79 Å². The number of ether oxygens (including phenoxy) is 1. The normalized spacial score (nSPS) is 12.1. The lowest BCUT2D eigenvalue weighted by molar-refractivity contribution is -0.136. The summed E-state index contributed by atoms with van der Waals surface area (Å²) in [7, 11) is -0.200. The van der Waals surface area contributed by atoms with Crippen molar-refractivity contribution in [1.29, 1.82) is 0 Å². The number of hydrogen-bond donors (Lipinski definition) is 0. The minimum atomic E-state index is -1.51. The monoisotopic (exact) mass is 290 g/mol. The van der Waals surface area contributed by atoms with Gasteiger partial charge in [0.25, 0.3) is 0 Å². The van der Waals surface area contributed by atoms with Crippen LogP contribution < -0.4 is 0 Å². The van der Waals surface area contributed by atoms with Crippen molar-refractivity contribution in [3.8, 4) is 0 Å². The average molecular weight is 290 g/mol. The fourth-order valence-electron chi connectivity index (χ4n) is 1.15. The van der Waals surface area contributed by atoms with E-state index in [-0.39, 0.29) is 5.57 Å². The fraction of sp³-hybridized carbons (Fsp3) is 0.615. The number of rotatable bonds is 9. The maximum Gasteiger partial charge on any atom is 0.336 e. The van der Waals surface area contributed by atoms with E-state index in [2.05, 4.69) is 11.3 Å². The van der Waals surface area contributed by atoms with Crippen LogP contribution >= 0.6 is 8.60 Å². The summed E-state index contributed by atoms with van der Waals surface area (Å²) in [5, 5.41) is 0. The number of methoxy groups -OCH3 is 1. The molecule has 0 aromatic heterocycles. The molecule has 0 aromatic carbocycles. The van der Waals surface area contributed by atoms with E-state index in [1.54, 1.807) is 6.08 Å². The molecule has 0 radical (unpaired) electrons. The van der Waals surface area contributed by atoms with Crippen molar-refractivity contribution in [1.82, 2.24) is 0 Å². The van der Waals surface area contributed by atoms with Gasteiger partial charge in [-0.25, -0.2) is 4.79 Å². The molecule has 110 valence electrons. The predicted molar refractivity (Wildman–Crippen MR) is 75.6 cm³/mol. The Hall–Kier alpha value is -0.740. The minimum absolute atomic E-state index is 0.218. The molecule has 0 aromatic rings. The smallest absolute Gasteiger partial charge is 0.336 e. The molecule has 0 fully saturated rings. The van der Waals surface area contributed by atoms with E-state index in [4.69, 9.17) is 13.6 Å². The second-order valence-corrected chi connectivity index (χ2v) is 5.02. The highest BCUT2D eigenvalue weighted by Crippen LogP contribution is 2.42. The van der Waals surface area contributed by atoms with Crippen LogP contribution in [0.3, 0.4) is 0 Å². The molecule has 19 heavy (non-hydrogen) atoms. The molecule has 0 heterocycles. The Balaban J connectivity index is 4.88. The highest BCUT2D eigenvalue weighted by atomic mass is 31.2. The summed E-state index contributed by atoms with van der Waals surface area (Å²) in [5.41, 5.74) is 1.22. The fourth-order valence-corrected chi connectivity index (χ4v) is 2.14. The van der Waals surface area contributed by atoms with Gasteiger partial charge in [0.15, 0.2) is 0 Å². The van der Waals surface area contributed by atoms with Crippen molar-refractivity contribution in [3.05, 3.63) is 23.8 Å². The first-order chi connectivity index (χ1) is 8.96. The molecule has 0 spiro atoms. The molecule has 0 rings (SSSR count). The molecule has 0 N–H and O–H groups in total.